The number of nitrogens with zero attached hydrogens (tertiary/aromatic N) is 1. The minimum atomic E-state index is -0.743. The van der Waals surface area contributed by atoms with Crippen LogP contribution in [-0.4, -0.2) is 23.4 Å². The Morgan fingerprint density at radius 3 is 2.65 bits per heavy atom. The van der Waals surface area contributed by atoms with Crippen LogP contribution in [0.15, 0.2) is 36.5 Å². The lowest BCUT2D eigenvalue weighted by molar-refractivity contribution is -0.112. The number of aryl methyl sites for hydroxylation is 1. The molecule has 0 aliphatic heterocycles. The second kappa shape index (κ2) is 5.79. The van der Waals surface area contributed by atoms with E-state index < -0.39 is 11.7 Å². The zero-order valence-corrected chi connectivity index (χ0v) is 11.8. The number of hydrogen-bond acceptors (Lipinski definition) is 3. The van der Waals surface area contributed by atoms with E-state index in [9.17, 15) is 9.59 Å². The zero-order chi connectivity index (χ0) is 14.7. The summed E-state index contributed by atoms with van der Waals surface area (Å²) >= 11 is 5.87. The molecule has 0 aliphatic carbocycles. The Kier molecular flexibility index (Phi) is 4.10. The highest BCUT2D eigenvalue weighted by molar-refractivity contribution is 6.46. The topological polar surface area (TPSA) is 60.3 Å². The summed E-state index contributed by atoms with van der Waals surface area (Å²) in [6, 6.07) is 8.05. The molecule has 0 unspecified atom stereocenters. The lowest BCUT2D eigenvalue weighted by Gasteiger charge is -2.10. The molecular weight excluding hydrogens is 280 g/mol. The van der Waals surface area contributed by atoms with Crippen LogP contribution in [0.5, 0.6) is 5.75 Å². The molecular formula is C14H13ClN2O3. The maximum atomic E-state index is 12.0. The number of Topliss-reactive ketones (excluding diaryl/α,β-unsaturated/α-hetero) is 1. The van der Waals surface area contributed by atoms with E-state index >= 15 is 0 Å². The highest BCUT2D eigenvalue weighted by atomic mass is 35.5. The van der Waals surface area contributed by atoms with Crippen LogP contribution in [0.1, 0.15) is 10.5 Å². The number of nitrogens with one attached hydrogen (secondary N) is 1. The number of ketones is 1. The summed E-state index contributed by atoms with van der Waals surface area (Å²) in [5.41, 5.74) is 0.663. The van der Waals surface area contributed by atoms with Gasteiger partial charge in [0.15, 0.2) is 0 Å². The summed E-state index contributed by atoms with van der Waals surface area (Å²) in [6.07, 6.45) is 1.69. The van der Waals surface area contributed by atoms with Crippen molar-refractivity contribution in [2.75, 3.05) is 12.4 Å². The van der Waals surface area contributed by atoms with Crippen LogP contribution in [0.4, 0.5) is 5.69 Å². The monoisotopic (exact) mass is 292 g/mol. The number of carbonyl (C=O) groups is 2. The number of aromatic nitrogens is 1. The van der Waals surface area contributed by atoms with Crippen LogP contribution in [-0.2, 0) is 11.8 Å². The zero-order valence-electron chi connectivity index (χ0n) is 11.0. The van der Waals surface area contributed by atoms with Gasteiger partial charge in [0.2, 0.25) is 0 Å². The molecule has 1 aromatic carbocycles. The maximum absolute atomic E-state index is 12.0. The van der Waals surface area contributed by atoms with E-state index in [-0.39, 0.29) is 0 Å². The van der Waals surface area contributed by atoms with Crippen molar-refractivity contribution in [2.45, 2.75) is 0 Å². The summed E-state index contributed by atoms with van der Waals surface area (Å²) in [4.78, 5) is 24.0. The van der Waals surface area contributed by atoms with E-state index in [2.05, 4.69) is 5.32 Å². The molecule has 0 saturated heterocycles. The number of halogens is 1. The molecule has 0 atom stereocenters. The van der Waals surface area contributed by atoms with E-state index in [1.165, 1.54) is 13.2 Å². The molecule has 1 aromatic heterocycles. The van der Waals surface area contributed by atoms with Gasteiger partial charge in [0.05, 0.1) is 18.5 Å². The summed E-state index contributed by atoms with van der Waals surface area (Å²) < 4.78 is 6.69. The van der Waals surface area contributed by atoms with Gasteiger partial charge in [-0.25, -0.2) is 0 Å². The SMILES string of the molecule is COc1ccc(Cl)cc1NC(=O)C(=O)c1cccn1C. The Bertz CT molecular complexity index is 664. The second-order valence-electron chi connectivity index (χ2n) is 4.13. The standard InChI is InChI=1S/C14H13ClN2O3/c1-17-7-3-4-11(17)13(18)14(19)16-10-8-9(15)5-6-12(10)20-2/h3-8H,1-2H3,(H,16,19). The van der Waals surface area contributed by atoms with Crippen molar-refractivity contribution in [3.05, 3.63) is 47.2 Å². The van der Waals surface area contributed by atoms with Gasteiger partial charge in [-0.05, 0) is 30.3 Å². The van der Waals surface area contributed by atoms with Crippen molar-refractivity contribution in [2.24, 2.45) is 7.05 Å². The molecule has 0 radical (unpaired) electrons. The minimum absolute atomic E-state index is 0.309. The smallest absolute Gasteiger partial charge is 0.298 e. The molecule has 0 spiro atoms. The van der Waals surface area contributed by atoms with E-state index in [0.29, 0.717) is 22.2 Å². The van der Waals surface area contributed by atoms with E-state index in [1.807, 2.05) is 0 Å². The van der Waals surface area contributed by atoms with Gasteiger partial charge in [0.1, 0.15) is 5.75 Å². The summed E-state index contributed by atoms with van der Waals surface area (Å²) in [7, 11) is 3.17. The molecule has 0 aliphatic rings. The molecule has 20 heavy (non-hydrogen) atoms. The van der Waals surface area contributed by atoms with Gasteiger partial charge in [-0.2, -0.15) is 0 Å². The lowest BCUT2D eigenvalue weighted by Crippen LogP contribution is -2.24. The van der Waals surface area contributed by atoms with Crippen LogP contribution in [0.25, 0.3) is 0 Å². The fourth-order valence-corrected chi connectivity index (χ4v) is 1.94. The highest BCUT2D eigenvalue weighted by Gasteiger charge is 2.20. The summed E-state index contributed by atoms with van der Waals surface area (Å²) in [5.74, 6) is -0.936. The summed E-state index contributed by atoms with van der Waals surface area (Å²) in [6.45, 7) is 0. The average Bonchev–Trinajstić information content (AvgIpc) is 2.84. The number of anilines is 1. The largest absolute Gasteiger partial charge is 0.495 e. The second-order valence-corrected chi connectivity index (χ2v) is 4.57. The molecule has 1 amide bonds. The molecule has 6 heteroatoms. The molecule has 5 nitrogen and oxygen atoms in total. The highest BCUT2D eigenvalue weighted by Crippen LogP contribution is 2.27. The van der Waals surface area contributed by atoms with Crippen LogP contribution in [0.2, 0.25) is 5.02 Å². The number of hydrogen-bond donors (Lipinski definition) is 1. The van der Waals surface area contributed by atoms with E-state index in [4.69, 9.17) is 16.3 Å². The van der Waals surface area contributed by atoms with Gasteiger partial charge in [0, 0.05) is 18.3 Å². The Labute approximate surface area is 121 Å². The Morgan fingerprint density at radius 1 is 1.30 bits per heavy atom. The van der Waals surface area contributed by atoms with Gasteiger partial charge in [-0.3, -0.25) is 9.59 Å². The maximum Gasteiger partial charge on any atom is 0.298 e. The third-order valence-electron chi connectivity index (χ3n) is 2.79. The first-order chi connectivity index (χ1) is 9.52. The van der Waals surface area contributed by atoms with Crippen LogP contribution in [0.3, 0.4) is 0 Å². The predicted octanol–water partition coefficient (Wildman–Crippen LogP) is 2.51. The lowest BCUT2D eigenvalue weighted by atomic mass is 10.2. The third kappa shape index (κ3) is 2.83. The molecule has 104 valence electrons. The molecule has 0 bridgehead atoms. The number of rotatable bonds is 4. The Balaban J connectivity index is 2.22. The van der Waals surface area contributed by atoms with Crippen LogP contribution < -0.4 is 10.1 Å². The quantitative estimate of drug-likeness (QED) is 0.696. The van der Waals surface area contributed by atoms with Gasteiger partial charge >= 0.3 is 0 Å². The molecule has 0 saturated carbocycles. The van der Waals surface area contributed by atoms with Crippen molar-refractivity contribution in [3.8, 4) is 5.75 Å². The van der Waals surface area contributed by atoms with Gasteiger partial charge in [-0.1, -0.05) is 11.6 Å². The minimum Gasteiger partial charge on any atom is -0.495 e. The average molecular weight is 293 g/mol. The number of amides is 1. The molecule has 0 fully saturated rings. The van der Waals surface area contributed by atoms with E-state index in [0.717, 1.165) is 0 Å². The molecule has 2 aromatic rings. The first-order valence-electron chi connectivity index (χ1n) is 5.83. The Hall–Kier alpha value is -2.27. The van der Waals surface area contributed by atoms with Gasteiger partial charge in [0.25, 0.3) is 11.7 Å². The van der Waals surface area contributed by atoms with E-state index in [1.54, 1.807) is 42.1 Å². The number of carbonyl (C=O) groups excluding carboxylic acids is 2. The number of methoxy groups -OCH3 is 1. The van der Waals surface area contributed by atoms with Crippen molar-refractivity contribution < 1.29 is 14.3 Å². The summed E-state index contributed by atoms with van der Waals surface area (Å²) in [5, 5.41) is 2.94. The number of ether oxygens (including phenoxy) is 1. The van der Waals surface area contributed by atoms with Crippen molar-refractivity contribution in [3.63, 3.8) is 0 Å². The van der Waals surface area contributed by atoms with Gasteiger partial charge in [-0.15, -0.1) is 0 Å². The van der Waals surface area contributed by atoms with Crippen molar-refractivity contribution in [1.29, 1.82) is 0 Å². The fraction of sp³-hybridized carbons (Fsp3) is 0.143. The third-order valence-corrected chi connectivity index (χ3v) is 3.03. The normalized spacial score (nSPS) is 10.2. The van der Waals surface area contributed by atoms with Crippen LogP contribution >= 0.6 is 11.6 Å². The Morgan fingerprint density at radius 2 is 2.05 bits per heavy atom. The number of benzene rings is 1. The first-order valence-corrected chi connectivity index (χ1v) is 6.21. The predicted molar refractivity (Wildman–Crippen MR) is 76.4 cm³/mol. The molecule has 2 rings (SSSR count). The first kappa shape index (κ1) is 14.1. The molecule has 1 heterocycles. The van der Waals surface area contributed by atoms with Crippen molar-refractivity contribution >= 4 is 29.0 Å². The van der Waals surface area contributed by atoms with Crippen molar-refractivity contribution in [1.82, 2.24) is 4.57 Å². The molecule has 1 N–H and O–H groups in total. The van der Waals surface area contributed by atoms with Gasteiger partial charge < -0.3 is 14.6 Å². The van der Waals surface area contributed by atoms with Crippen LogP contribution in [0, 0.1) is 0 Å². The fourth-order valence-electron chi connectivity index (χ4n) is 1.77.